The first-order valence-corrected chi connectivity index (χ1v) is 5.68. The molecule has 0 saturated carbocycles. The molecule has 1 saturated heterocycles. The summed E-state index contributed by atoms with van der Waals surface area (Å²) >= 11 is 0. The lowest BCUT2D eigenvalue weighted by Gasteiger charge is -2.22. The summed E-state index contributed by atoms with van der Waals surface area (Å²) in [5, 5.41) is 0. The third kappa shape index (κ3) is 3.56. The molecule has 0 aromatic rings. The van der Waals surface area contributed by atoms with Crippen LogP contribution in [0.1, 0.15) is 39.0 Å². The number of hydrogen-bond donors (Lipinski definition) is 1. The summed E-state index contributed by atoms with van der Waals surface area (Å²) in [6.45, 7) is 3.04. The smallest absolute Gasteiger partial charge is 0.0719 e. The molecule has 0 aliphatic carbocycles. The van der Waals surface area contributed by atoms with Crippen LogP contribution in [0.15, 0.2) is 0 Å². The van der Waals surface area contributed by atoms with Gasteiger partial charge >= 0.3 is 0 Å². The Morgan fingerprint density at radius 1 is 1.57 bits per heavy atom. The Labute approximate surface area is 86.9 Å². The van der Waals surface area contributed by atoms with Gasteiger partial charge < -0.3 is 15.2 Å². The van der Waals surface area contributed by atoms with Crippen LogP contribution in [0, 0.1) is 0 Å². The van der Waals surface area contributed by atoms with Crippen LogP contribution in [0.3, 0.4) is 0 Å². The summed E-state index contributed by atoms with van der Waals surface area (Å²) in [7, 11) is 1.74. The molecular formula is C11H23NO2. The van der Waals surface area contributed by atoms with Gasteiger partial charge in [-0.15, -0.1) is 0 Å². The zero-order valence-corrected chi connectivity index (χ0v) is 9.37. The number of methoxy groups -OCH3 is 1. The minimum Gasteiger partial charge on any atom is -0.380 e. The van der Waals surface area contributed by atoms with Crippen LogP contribution in [0.2, 0.25) is 0 Å². The van der Waals surface area contributed by atoms with Gasteiger partial charge in [-0.05, 0) is 32.1 Å². The van der Waals surface area contributed by atoms with E-state index in [0.29, 0.717) is 6.10 Å². The normalized spacial score (nSPS) is 26.4. The summed E-state index contributed by atoms with van der Waals surface area (Å²) in [5.74, 6) is 0. The van der Waals surface area contributed by atoms with Crippen LogP contribution in [-0.2, 0) is 9.47 Å². The van der Waals surface area contributed by atoms with E-state index < -0.39 is 0 Å². The first-order chi connectivity index (χ1) is 6.77. The summed E-state index contributed by atoms with van der Waals surface area (Å²) in [6, 6.07) is 0.161. The molecule has 84 valence electrons. The molecule has 0 bridgehead atoms. The van der Waals surface area contributed by atoms with Crippen LogP contribution >= 0.6 is 0 Å². The van der Waals surface area contributed by atoms with Crippen molar-refractivity contribution < 1.29 is 9.47 Å². The van der Waals surface area contributed by atoms with Crippen molar-refractivity contribution in [3.8, 4) is 0 Å². The van der Waals surface area contributed by atoms with Gasteiger partial charge in [0.1, 0.15) is 0 Å². The molecule has 2 N–H and O–H groups in total. The van der Waals surface area contributed by atoms with Gasteiger partial charge in [-0.3, -0.25) is 0 Å². The van der Waals surface area contributed by atoms with Crippen molar-refractivity contribution in [1.82, 2.24) is 0 Å². The standard InChI is InChI=1S/C11H23NO2/c1-3-11(13-2)10(12)7-6-9-5-4-8-14-9/h9-11H,3-8,12H2,1-2H3. The second kappa shape index (κ2) is 6.38. The van der Waals surface area contributed by atoms with Gasteiger partial charge in [-0.1, -0.05) is 6.92 Å². The lowest BCUT2D eigenvalue weighted by atomic mass is 10.0. The van der Waals surface area contributed by atoms with E-state index >= 15 is 0 Å². The monoisotopic (exact) mass is 201 g/mol. The first-order valence-electron chi connectivity index (χ1n) is 5.68. The maximum atomic E-state index is 6.04. The zero-order chi connectivity index (χ0) is 10.4. The molecule has 0 aromatic heterocycles. The molecule has 1 fully saturated rings. The average molecular weight is 201 g/mol. The second-order valence-electron chi connectivity index (χ2n) is 4.06. The van der Waals surface area contributed by atoms with Crippen LogP contribution in [0.25, 0.3) is 0 Å². The summed E-state index contributed by atoms with van der Waals surface area (Å²) in [5.41, 5.74) is 6.04. The third-order valence-electron chi connectivity index (χ3n) is 3.03. The molecule has 0 aromatic carbocycles. The summed E-state index contributed by atoms with van der Waals surface area (Å²) in [4.78, 5) is 0. The molecule has 1 heterocycles. The highest BCUT2D eigenvalue weighted by atomic mass is 16.5. The summed E-state index contributed by atoms with van der Waals surface area (Å²) < 4.78 is 10.9. The van der Waals surface area contributed by atoms with E-state index in [4.69, 9.17) is 15.2 Å². The van der Waals surface area contributed by atoms with Crippen molar-refractivity contribution in [3.63, 3.8) is 0 Å². The number of rotatable bonds is 6. The lowest BCUT2D eigenvalue weighted by molar-refractivity contribution is 0.0611. The van der Waals surface area contributed by atoms with E-state index in [0.717, 1.165) is 25.9 Å². The topological polar surface area (TPSA) is 44.5 Å². The van der Waals surface area contributed by atoms with Gasteiger partial charge in [0.25, 0.3) is 0 Å². The van der Waals surface area contributed by atoms with E-state index in [2.05, 4.69) is 6.92 Å². The predicted octanol–water partition coefficient (Wildman–Crippen LogP) is 1.70. The van der Waals surface area contributed by atoms with Crippen LogP contribution < -0.4 is 5.73 Å². The van der Waals surface area contributed by atoms with Gasteiger partial charge in [-0.2, -0.15) is 0 Å². The fraction of sp³-hybridized carbons (Fsp3) is 1.00. The molecular weight excluding hydrogens is 178 g/mol. The molecule has 1 aliphatic rings. The van der Waals surface area contributed by atoms with E-state index in [1.165, 1.54) is 12.8 Å². The Kier molecular flexibility index (Phi) is 5.45. The van der Waals surface area contributed by atoms with Crippen molar-refractivity contribution in [2.75, 3.05) is 13.7 Å². The Balaban J connectivity index is 2.15. The predicted molar refractivity (Wildman–Crippen MR) is 57.3 cm³/mol. The van der Waals surface area contributed by atoms with Crippen LogP contribution in [0.4, 0.5) is 0 Å². The SMILES string of the molecule is CCC(OC)C(N)CCC1CCCO1. The zero-order valence-electron chi connectivity index (χ0n) is 9.37. The van der Waals surface area contributed by atoms with Crippen molar-refractivity contribution in [2.24, 2.45) is 5.73 Å². The lowest BCUT2D eigenvalue weighted by Crippen LogP contribution is -2.36. The Morgan fingerprint density at radius 3 is 2.86 bits per heavy atom. The van der Waals surface area contributed by atoms with Crippen LogP contribution in [-0.4, -0.2) is 32.0 Å². The van der Waals surface area contributed by atoms with E-state index in [-0.39, 0.29) is 12.1 Å². The van der Waals surface area contributed by atoms with Crippen molar-refractivity contribution in [3.05, 3.63) is 0 Å². The molecule has 1 aliphatic heterocycles. The molecule has 3 unspecified atom stereocenters. The molecule has 3 atom stereocenters. The third-order valence-corrected chi connectivity index (χ3v) is 3.03. The van der Waals surface area contributed by atoms with Crippen molar-refractivity contribution >= 4 is 0 Å². The maximum Gasteiger partial charge on any atom is 0.0719 e. The minimum absolute atomic E-state index is 0.161. The van der Waals surface area contributed by atoms with Gasteiger partial charge in [0.05, 0.1) is 12.2 Å². The molecule has 3 nitrogen and oxygen atoms in total. The Bertz CT molecular complexity index is 142. The van der Waals surface area contributed by atoms with Gasteiger partial charge in [0.15, 0.2) is 0 Å². The molecule has 14 heavy (non-hydrogen) atoms. The fourth-order valence-electron chi connectivity index (χ4n) is 2.08. The first kappa shape index (κ1) is 12.0. The van der Waals surface area contributed by atoms with Crippen molar-refractivity contribution in [2.45, 2.75) is 57.3 Å². The quantitative estimate of drug-likeness (QED) is 0.711. The molecule has 0 spiro atoms. The number of nitrogens with two attached hydrogens (primary N) is 1. The molecule has 3 heteroatoms. The summed E-state index contributed by atoms with van der Waals surface area (Å²) in [6.07, 6.45) is 6.16. The largest absolute Gasteiger partial charge is 0.380 e. The Morgan fingerprint density at radius 2 is 2.36 bits per heavy atom. The van der Waals surface area contributed by atoms with Gasteiger partial charge in [-0.25, -0.2) is 0 Å². The highest BCUT2D eigenvalue weighted by Crippen LogP contribution is 2.18. The highest BCUT2D eigenvalue weighted by Gasteiger charge is 2.20. The van der Waals surface area contributed by atoms with E-state index in [1.54, 1.807) is 7.11 Å². The van der Waals surface area contributed by atoms with Crippen molar-refractivity contribution in [1.29, 1.82) is 0 Å². The number of ether oxygens (including phenoxy) is 2. The fourth-order valence-corrected chi connectivity index (χ4v) is 2.08. The average Bonchev–Trinajstić information content (AvgIpc) is 2.69. The highest BCUT2D eigenvalue weighted by molar-refractivity contribution is 4.75. The van der Waals surface area contributed by atoms with E-state index in [1.807, 2.05) is 0 Å². The minimum atomic E-state index is 0.161. The number of hydrogen-bond acceptors (Lipinski definition) is 3. The van der Waals surface area contributed by atoms with Crippen LogP contribution in [0.5, 0.6) is 0 Å². The Hall–Kier alpha value is -0.120. The second-order valence-corrected chi connectivity index (χ2v) is 4.06. The molecule has 0 amide bonds. The molecule has 0 radical (unpaired) electrons. The van der Waals surface area contributed by atoms with Gasteiger partial charge in [0.2, 0.25) is 0 Å². The maximum absolute atomic E-state index is 6.04. The van der Waals surface area contributed by atoms with Gasteiger partial charge in [0, 0.05) is 19.8 Å². The van der Waals surface area contributed by atoms with E-state index in [9.17, 15) is 0 Å². The molecule has 1 rings (SSSR count).